The van der Waals surface area contributed by atoms with Gasteiger partial charge < -0.3 is 57.2 Å². The third-order valence-corrected chi connectivity index (χ3v) is 9.26. The van der Waals surface area contributed by atoms with Gasteiger partial charge in [0.1, 0.15) is 6.61 Å². The molecule has 0 spiro atoms. The van der Waals surface area contributed by atoms with Crippen molar-refractivity contribution in [3.8, 4) is 0 Å². The summed E-state index contributed by atoms with van der Waals surface area (Å²) in [6, 6.07) is 17.3. The van der Waals surface area contributed by atoms with Gasteiger partial charge in [-0.25, -0.2) is 0 Å². The van der Waals surface area contributed by atoms with Gasteiger partial charge in [-0.15, -0.1) is 0 Å². The van der Waals surface area contributed by atoms with Crippen LogP contribution < -0.4 is 28.8 Å². The van der Waals surface area contributed by atoms with Crippen molar-refractivity contribution >= 4 is 17.1 Å². The highest BCUT2D eigenvalue weighted by Gasteiger charge is 2.44. The number of allylic oxidation sites excluding steroid dienone is 6. The van der Waals surface area contributed by atoms with Crippen LogP contribution in [0.15, 0.2) is 84.6 Å². The molecule has 52 heavy (non-hydrogen) atoms. The van der Waals surface area contributed by atoms with Gasteiger partial charge >= 0.3 is 0 Å². The molecule has 288 valence electrons. The largest absolute Gasteiger partial charge is 1.00 e. The van der Waals surface area contributed by atoms with E-state index < -0.39 is 0 Å². The lowest BCUT2D eigenvalue weighted by molar-refractivity contribution is -0.442. The van der Waals surface area contributed by atoms with E-state index in [9.17, 15) is 0 Å². The Morgan fingerprint density at radius 1 is 0.596 bits per heavy atom. The van der Waals surface area contributed by atoms with E-state index in [1.807, 2.05) is 0 Å². The number of halogens is 1. The highest BCUT2D eigenvalue weighted by molar-refractivity contribution is 6.03. The van der Waals surface area contributed by atoms with Crippen molar-refractivity contribution in [2.45, 2.75) is 38.5 Å². The molecule has 0 fully saturated rings. The monoisotopic (exact) mass is 740 g/mol. The normalized spacial score (nSPS) is 16.7. The van der Waals surface area contributed by atoms with Gasteiger partial charge in [-0.1, -0.05) is 68.5 Å². The third kappa shape index (κ3) is 12.1. The van der Waals surface area contributed by atoms with Gasteiger partial charge in [-0.3, -0.25) is 0 Å². The molecule has 2 aliphatic heterocycles. The molecule has 0 bridgehead atoms. The Labute approximate surface area is 317 Å². The first-order valence-electron chi connectivity index (χ1n) is 18.4. The highest BCUT2D eigenvalue weighted by atomic mass is 35.5. The van der Waals surface area contributed by atoms with E-state index in [-0.39, 0.29) is 23.2 Å². The molecule has 4 rings (SSSR count). The molecule has 0 unspecified atom stereocenters. The summed E-state index contributed by atoms with van der Waals surface area (Å²) in [4.78, 5) is 2.39. The smallest absolute Gasteiger partial charge is 0.209 e. The van der Waals surface area contributed by atoms with Crippen molar-refractivity contribution in [3.63, 3.8) is 0 Å². The van der Waals surface area contributed by atoms with Gasteiger partial charge in [0.2, 0.25) is 5.69 Å². The minimum absolute atomic E-state index is 0. The number of fused-ring (bicyclic) bond motifs is 2. The zero-order valence-electron chi connectivity index (χ0n) is 31.7. The van der Waals surface area contributed by atoms with Crippen LogP contribution >= 0.6 is 0 Å². The Kier molecular flexibility index (Phi) is 19.2. The van der Waals surface area contributed by atoms with Crippen LogP contribution in [0.4, 0.5) is 11.4 Å². The predicted octanol–water partition coefficient (Wildman–Crippen LogP) is 1.88. The molecule has 0 amide bonds. The zero-order valence-corrected chi connectivity index (χ0v) is 32.5. The van der Waals surface area contributed by atoms with E-state index in [0.717, 1.165) is 13.1 Å². The molecule has 11 heteroatoms. The summed E-state index contributed by atoms with van der Waals surface area (Å²) in [6.45, 7) is 18.4. The Bertz CT molecular complexity index is 1470. The molecule has 2 aliphatic rings. The van der Waals surface area contributed by atoms with Gasteiger partial charge in [-0.05, 0) is 31.6 Å². The average Bonchev–Trinajstić information content (AvgIpc) is 3.48. The molecular formula is C41H61ClN4O6. The SMILES string of the molecule is CC1(C)C(=CC=CC=CC2=[N+](CCOCCOCCOCCN)c3ccccc3C2(C)C)N(CCOCCOCCOCCN)c2ccccc21.[Cl-]. The van der Waals surface area contributed by atoms with E-state index in [2.05, 4.69) is 116 Å². The molecule has 0 radical (unpaired) electrons. The summed E-state index contributed by atoms with van der Waals surface area (Å²) in [6.07, 6.45) is 10.9. The van der Waals surface area contributed by atoms with Crippen molar-refractivity contribution in [1.82, 2.24) is 0 Å². The van der Waals surface area contributed by atoms with Crippen LogP contribution in [0.5, 0.6) is 0 Å². The van der Waals surface area contributed by atoms with E-state index in [4.69, 9.17) is 39.9 Å². The van der Waals surface area contributed by atoms with Crippen molar-refractivity contribution in [2.75, 3.05) is 110 Å². The Balaban J connectivity index is 0.00000729. The van der Waals surface area contributed by atoms with Crippen LogP contribution in [-0.2, 0) is 39.3 Å². The first-order valence-corrected chi connectivity index (χ1v) is 18.4. The fourth-order valence-corrected chi connectivity index (χ4v) is 6.68. The molecule has 2 aromatic carbocycles. The number of anilines is 1. The van der Waals surface area contributed by atoms with Crippen LogP contribution in [0.25, 0.3) is 0 Å². The minimum atomic E-state index is -0.138. The first kappa shape index (κ1) is 43.5. The fourth-order valence-electron chi connectivity index (χ4n) is 6.68. The molecule has 0 atom stereocenters. The lowest BCUT2D eigenvalue weighted by Crippen LogP contribution is -3.00. The summed E-state index contributed by atoms with van der Waals surface area (Å²) in [5.41, 5.74) is 18.2. The first-order chi connectivity index (χ1) is 24.8. The summed E-state index contributed by atoms with van der Waals surface area (Å²) < 4.78 is 36.2. The van der Waals surface area contributed by atoms with Crippen molar-refractivity contribution < 1.29 is 45.4 Å². The van der Waals surface area contributed by atoms with Crippen molar-refractivity contribution in [2.24, 2.45) is 11.5 Å². The standard InChI is InChI=1S/C41H61N4O6.ClH/c1-40(2)34-12-8-10-14-36(34)44(20-24-48-28-32-50-30-26-46-22-18-42)38(40)16-6-5-7-17-39-41(3,4)35-13-9-11-15-37(35)45(39)21-25-49-29-33-51-31-27-47-23-19-43;/h5-17H,18-33,42-43H2,1-4H3;1H/q+1;/p-1. The Hall–Kier alpha value is -2.90. The number of hydrogen-bond acceptors (Lipinski definition) is 9. The van der Waals surface area contributed by atoms with Crippen molar-refractivity contribution in [3.05, 3.63) is 95.7 Å². The van der Waals surface area contributed by atoms with E-state index >= 15 is 0 Å². The number of rotatable bonds is 25. The average molecular weight is 741 g/mol. The van der Waals surface area contributed by atoms with Gasteiger partial charge in [0, 0.05) is 54.1 Å². The van der Waals surface area contributed by atoms with Crippen molar-refractivity contribution in [1.29, 1.82) is 0 Å². The minimum Gasteiger partial charge on any atom is -1.00 e. The Morgan fingerprint density at radius 3 is 1.73 bits per heavy atom. The topological polar surface area (TPSA) is 114 Å². The highest BCUT2D eigenvalue weighted by Crippen LogP contribution is 2.47. The maximum absolute atomic E-state index is 5.97. The lowest BCUT2D eigenvalue weighted by atomic mass is 9.81. The molecule has 0 aromatic heterocycles. The van der Waals surface area contributed by atoms with E-state index in [1.165, 1.54) is 33.9 Å². The maximum atomic E-state index is 5.97. The van der Waals surface area contributed by atoms with Gasteiger partial charge in [0.15, 0.2) is 12.3 Å². The van der Waals surface area contributed by atoms with Crippen LogP contribution in [0.1, 0.15) is 38.8 Å². The van der Waals surface area contributed by atoms with Crippen LogP contribution in [0.2, 0.25) is 0 Å². The Morgan fingerprint density at radius 2 is 1.12 bits per heavy atom. The van der Waals surface area contributed by atoms with Crippen LogP contribution in [-0.4, -0.2) is 116 Å². The summed E-state index contributed by atoms with van der Waals surface area (Å²) in [5.74, 6) is 0. The molecule has 2 aromatic rings. The summed E-state index contributed by atoms with van der Waals surface area (Å²) in [7, 11) is 0. The van der Waals surface area contributed by atoms with Crippen LogP contribution in [0, 0.1) is 0 Å². The number of para-hydroxylation sites is 2. The van der Waals surface area contributed by atoms with E-state index in [1.54, 1.807) is 0 Å². The zero-order chi connectivity index (χ0) is 36.4. The summed E-state index contributed by atoms with van der Waals surface area (Å²) >= 11 is 0. The van der Waals surface area contributed by atoms with E-state index in [0.29, 0.717) is 92.4 Å². The molecule has 0 saturated carbocycles. The number of nitrogens with two attached hydrogens (primary N) is 2. The van der Waals surface area contributed by atoms with Gasteiger partial charge in [0.25, 0.3) is 0 Å². The van der Waals surface area contributed by atoms with Crippen LogP contribution in [0.3, 0.4) is 0 Å². The second-order valence-corrected chi connectivity index (χ2v) is 13.5. The second kappa shape index (κ2) is 23.0. The second-order valence-electron chi connectivity index (χ2n) is 13.5. The molecule has 0 saturated heterocycles. The quantitative estimate of drug-likeness (QED) is 0.0896. The molecule has 0 aliphatic carbocycles. The fraction of sp³-hybridized carbons (Fsp3) is 0.537. The van der Waals surface area contributed by atoms with Gasteiger partial charge in [0.05, 0.1) is 78.1 Å². The maximum Gasteiger partial charge on any atom is 0.209 e. The number of ether oxygens (including phenoxy) is 6. The van der Waals surface area contributed by atoms with Gasteiger partial charge in [-0.2, -0.15) is 4.58 Å². The summed E-state index contributed by atoms with van der Waals surface area (Å²) in [5, 5.41) is 0. The lowest BCUT2D eigenvalue weighted by Gasteiger charge is -2.27. The number of nitrogens with zero attached hydrogens (tertiary/aromatic N) is 2. The number of benzene rings is 2. The third-order valence-electron chi connectivity index (χ3n) is 9.26. The molecule has 4 N–H and O–H groups in total. The number of hydrogen-bond donors (Lipinski definition) is 2. The molecular weight excluding hydrogens is 680 g/mol. The molecule has 10 nitrogen and oxygen atoms in total. The predicted molar refractivity (Wildman–Crippen MR) is 205 cm³/mol. The molecule has 2 heterocycles.